The molecule has 88 valence electrons. The van der Waals surface area contributed by atoms with Gasteiger partial charge in [0.05, 0.1) is 6.10 Å². The first-order chi connectivity index (χ1) is 7.65. The highest BCUT2D eigenvalue weighted by Gasteiger charge is 2.25. The highest BCUT2D eigenvalue weighted by atomic mass is 16.3. The molecule has 1 aromatic carbocycles. The number of hydrogen-bond donors (Lipinski definition) is 2. The van der Waals surface area contributed by atoms with Crippen molar-refractivity contribution in [3.8, 4) is 0 Å². The molecule has 0 bridgehead atoms. The molecule has 2 rings (SSSR count). The van der Waals surface area contributed by atoms with Gasteiger partial charge in [0.1, 0.15) is 0 Å². The highest BCUT2D eigenvalue weighted by molar-refractivity contribution is 5.39. The summed E-state index contributed by atoms with van der Waals surface area (Å²) in [4.78, 5) is 2.29. The minimum absolute atomic E-state index is 0.159. The largest absolute Gasteiger partial charge is 0.399 e. The molecule has 0 aromatic heterocycles. The second-order valence-corrected chi connectivity index (χ2v) is 4.82. The Labute approximate surface area is 96.9 Å². The molecule has 3 nitrogen and oxygen atoms in total. The maximum Gasteiger partial charge on any atom is 0.0596 e. The Morgan fingerprint density at radius 3 is 2.75 bits per heavy atom. The minimum Gasteiger partial charge on any atom is -0.399 e. The predicted octanol–water partition coefficient (Wildman–Crippen LogP) is 1.12. The standard InChI is InChI=1S/C13H20N2O/c1-15-7-6-13(16)11(9-15)8-10-2-4-12(14)5-3-10/h2-5,11,13,16H,6-9,14H2,1H3. The molecule has 2 atom stereocenters. The summed E-state index contributed by atoms with van der Waals surface area (Å²) in [5.74, 6) is 0.349. The fraction of sp³-hybridized carbons (Fsp3) is 0.538. The molecular formula is C13H20N2O. The number of rotatable bonds is 2. The average Bonchev–Trinajstić information content (AvgIpc) is 2.27. The zero-order chi connectivity index (χ0) is 11.5. The fourth-order valence-electron chi connectivity index (χ4n) is 2.36. The van der Waals surface area contributed by atoms with Crippen molar-refractivity contribution in [2.75, 3.05) is 25.9 Å². The Bertz CT molecular complexity index is 336. The number of benzene rings is 1. The summed E-state index contributed by atoms with van der Waals surface area (Å²) in [5, 5.41) is 9.95. The van der Waals surface area contributed by atoms with Gasteiger partial charge in [-0.25, -0.2) is 0 Å². The van der Waals surface area contributed by atoms with Crippen LogP contribution in [0, 0.1) is 5.92 Å². The first kappa shape index (κ1) is 11.4. The second kappa shape index (κ2) is 4.85. The van der Waals surface area contributed by atoms with E-state index in [0.29, 0.717) is 5.92 Å². The van der Waals surface area contributed by atoms with Crippen molar-refractivity contribution in [3.05, 3.63) is 29.8 Å². The molecule has 1 heterocycles. The van der Waals surface area contributed by atoms with Gasteiger partial charge in [-0.3, -0.25) is 0 Å². The number of nitrogen functional groups attached to an aromatic ring is 1. The molecule has 3 heteroatoms. The van der Waals surface area contributed by atoms with Gasteiger partial charge in [-0.15, -0.1) is 0 Å². The number of anilines is 1. The minimum atomic E-state index is -0.159. The Morgan fingerprint density at radius 2 is 2.06 bits per heavy atom. The van der Waals surface area contributed by atoms with Crippen LogP contribution in [0.1, 0.15) is 12.0 Å². The summed E-state index contributed by atoms with van der Waals surface area (Å²) in [7, 11) is 2.11. The van der Waals surface area contributed by atoms with Crippen LogP contribution in [0.15, 0.2) is 24.3 Å². The molecule has 1 aromatic rings. The van der Waals surface area contributed by atoms with Crippen molar-refractivity contribution < 1.29 is 5.11 Å². The molecule has 1 aliphatic heterocycles. The van der Waals surface area contributed by atoms with Crippen LogP contribution in [0.5, 0.6) is 0 Å². The lowest BCUT2D eigenvalue weighted by atomic mass is 9.89. The number of aliphatic hydroxyl groups is 1. The van der Waals surface area contributed by atoms with Crippen LogP contribution < -0.4 is 5.73 Å². The van der Waals surface area contributed by atoms with Crippen molar-refractivity contribution >= 4 is 5.69 Å². The van der Waals surface area contributed by atoms with E-state index in [4.69, 9.17) is 5.73 Å². The molecule has 3 N–H and O–H groups in total. The predicted molar refractivity (Wildman–Crippen MR) is 66.2 cm³/mol. The fourth-order valence-corrected chi connectivity index (χ4v) is 2.36. The van der Waals surface area contributed by atoms with Crippen LogP contribution in [-0.4, -0.2) is 36.2 Å². The van der Waals surface area contributed by atoms with Crippen molar-refractivity contribution in [2.45, 2.75) is 18.9 Å². The van der Waals surface area contributed by atoms with E-state index in [-0.39, 0.29) is 6.10 Å². The smallest absolute Gasteiger partial charge is 0.0596 e. The maximum absolute atomic E-state index is 9.95. The Hall–Kier alpha value is -1.06. The summed E-state index contributed by atoms with van der Waals surface area (Å²) in [6.45, 7) is 1.98. The molecule has 0 spiro atoms. The Kier molecular flexibility index (Phi) is 3.46. The quantitative estimate of drug-likeness (QED) is 0.734. The van der Waals surface area contributed by atoms with Gasteiger partial charge < -0.3 is 15.7 Å². The van der Waals surface area contributed by atoms with E-state index in [1.165, 1.54) is 5.56 Å². The number of piperidine rings is 1. The van der Waals surface area contributed by atoms with Crippen LogP contribution >= 0.6 is 0 Å². The number of nitrogens with two attached hydrogens (primary N) is 1. The van der Waals surface area contributed by atoms with Gasteiger partial charge in [0.15, 0.2) is 0 Å². The van der Waals surface area contributed by atoms with Gasteiger partial charge >= 0.3 is 0 Å². The number of hydrogen-bond acceptors (Lipinski definition) is 3. The third-order valence-corrected chi connectivity index (χ3v) is 3.37. The first-order valence-electron chi connectivity index (χ1n) is 5.86. The zero-order valence-corrected chi connectivity index (χ0v) is 9.76. The van der Waals surface area contributed by atoms with Gasteiger partial charge in [-0.05, 0) is 37.6 Å². The van der Waals surface area contributed by atoms with Gasteiger partial charge in [0, 0.05) is 24.7 Å². The number of likely N-dealkylation sites (tertiary alicyclic amines) is 1. The second-order valence-electron chi connectivity index (χ2n) is 4.82. The third kappa shape index (κ3) is 2.74. The van der Waals surface area contributed by atoms with Crippen molar-refractivity contribution in [1.29, 1.82) is 0 Å². The maximum atomic E-state index is 9.95. The first-order valence-corrected chi connectivity index (χ1v) is 5.86. The van der Waals surface area contributed by atoms with E-state index < -0.39 is 0 Å². The lowest BCUT2D eigenvalue weighted by Gasteiger charge is -2.34. The van der Waals surface area contributed by atoms with E-state index in [2.05, 4.69) is 24.1 Å². The normalized spacial score (nSPS) is 26.9. The lowest BCUT2D eigenvalue weighted by molar-refractivity contribution is 0.0366. The molecule has 0 saturated carbocycles. The Balaban J connectivity index is 2.00. The monoisotopic (exact) mass is 220 g/mol. The average molecular weight is 220 g/mol. The SMILES string of the molecule is CN1CCC(O)C(Cc2ccc(N)cc2)C1. The van der Waals surface area contributed by atoms with Gasteiger partial charge in [-0.2, -0.15) is 0 Å². The molecular weight excluding hydrogens is 200 g/mol. The third-order valence-electron chi connectivity index (χ3n) is 3.37. The van der Waals surface area contributed by atoms with Crippen LogP contribution in [0.2, 0.25) is 0 Å². The molecule has 1 saturated heterocycles. The topological polar surface area (TPSA) is 49.5 Å². The van der Waals surface area contributed by atoms with E-state index >= 15 is 0 Å². The van der Waals surface area contributed by atoms with Crippen LogP contribution in [0.3, 0.4) is 0 Å². The van der Waals surface area contributed by atoms with E-state index in [1.54, 1.807) is 0 Å². The van der Waals surface area contributed by atoms with Crippen LogP contribution in [0.4, 0.5) is 5.69 Å². The van der Waals surface area contributed by atoms with Crippen molar-refractivity contribution in [2.24, 2.45) is 5.92 Å². The van der Waals surface area contributed by atoms with Crippen LogP contribution in [0.25, 0.3) is 0 Å². The van der Waals surface area contributed by atoms with E-state index in [0.717, 1.165) is 31.6 Å². The van der Waals surface area contributed by atoms with E-state index in [1.807, 2.05) is 12.1 Å². The molecule has 0 radical (unpaired) electrons. The molecule has 16 heavy (non-hydrogen) atoms. The molecule has 2 unspecified atom stereocenters. The van der Waals surface area contributed by atoms with Gasteiger partial charge in [-0.1, -0.05) is 12.1 Å². The van der Waals surface area contributed by atoms with Gasteiger partial charge in [0.25, 0.3) is 0 Å². The number of aliphatic hydroxyl groups excluding tert-OH is 1. The summed E-state index contributed by atoms with van der Waals surface area (Å²) in [5.41, 5.74) is 7.71. The molecule has 1 aliphatic rings. The highest BCUT2D eigenvalue weighted by Crippen LogP contribution is 2.21. The number of nitrogens with zero attached hydrogens (tertiary/aromatic N) is 1. The molecule has 0 aliphatic carbocycles. The summed E-state index contributed by atoms with van der Waals surface area (Å²) >= 11 is 0. The van der Waals surface area contributed by atoms with Gasteiger partial charge in [0.2, 0.25) is 0 Å². The zero-order valence-electron chi connectivity index (χ0n) is 9.76. The summed E-state index contributed by atoms with van der Waals surface area (Å²) < 4.78 is 0. The summed E-state index contributed by atoms with van der Waals surface area (Å²) in [6.07, 6.45) is 1.66. The Morgan fingerprint density at radius 1 is 1.38 bits per heavy atom. The van der Waals surface area contributed by atoms with Crippen molar-refractivity contribution in [1.82, 2.24) is 4.90 Å². The molecule has 0 amide bonds. The van der Waals surface area contributed by atoms with Crippen molar-refractivity contribution in [3.63, 3.8) is 0 Å². The lowest BCUT2D eigenvalue weighted by Crippen LogP contribution is -2.41. The van der Waals surface area contributed by atoms with Crippen LogP contribution in [-0.2, 0) is 6.42 Å². The summed E-state index contributed by atoms with van der Waals surface area (Å²) in [6, 6.07) is 7.95. The molecule has 1 fully saturated rings. The van der Waals surface area contributed by atoms with E-state index in [9.17, 15) is 5.11 Å².